The topological polar surface area (TPSA) is 24.1 Å². The number of halogens is 2. The first kappa shape index (κ1) is 14.4. The zero-order valence-corrected chi connectivity index (χ0v) is 11.1. The highest BCUT2D eigenvalue weighted by Crippen LogP contribution is 2.14. The maximum atomic E-state index is 13.3. The molecule has 0 heterocycles. The molecule has 0 fully saturated rings. The molecule has 0 atom stereocenters. The summed E-state index contributed by atoms with van der Waals surface area (Å²) in [7, 11) is 0. The van der Waals surface area contributed by atoms with Crippen molar-refractivity contribution in [1.82, 2.24) is 10.6 Å². The van der Waals surface area contributed by atoms with Crippen LogP contribution < -0.4 is 10.6 Å². The van der Waals surface area contributed by atoms with Gasteiger partial charge < -0.3 is 10.6 Å². The molecule has 0 saturated carbocycles. The monoisotopic (exact) mass is 258 g/mol. The molecule has 0 radical (unpaired) electrons. The lowest BCUT2D eigenvalue weighted by molar-refractivity contribution is 0.530. The van der Waals surface area contributed by atoms with Crippen molar-refractivity contribution in [2.75, 3.05) is 19.6 Å². The number of rotatable bonds is 7. The van der Waals surface area contributed by atoms with Crippen molar-refractivity contribution in [2.24, 2.45) is 5.92 Å². The lowest BCUT2D eigenvalue weighted by Crippen LogP contribution is -2.29. The normalized spacial score (nSPS) is 11.1. The van der Waals surface area contributed by atoms with Crippen LogP contribution in [0.25, 0.3) is 0 Å². The molecule has 4 heteroatoms. The van der Waals surface area contributed by atoms with Crippen LogP contribution in [-0.2, 0) is 6.54 Å². The summed E-state index contributed by atoms with van der Waals surface area (Å²) < 4.78 is 13.3. The SMILES string of the molecule is CC(C)CNCCNCc1cc(Cl)ccc1F. The highest BCUT2D eigenvalue weighted by atomic mass is 35.5. The summed E-state index contributed by atoms with van der Waals surface area (Å²) in [5, 5.41) is 7.07. The second-order valence-electron chi connectivity index (χ2n) is 4.51. The van der Waals surface area contributed by atoms with Gasteiger partial charge in [-0.3, -0.25) is 0 Å². The molecule has 0 saturated heterocycles. The van der Waals surface area contributed by atoms with E-state index >= 15 is 0 Å². The summed E-state index contributed by atoms with van der Waals surface area (Å²) in [5.74, 6) is 0.442. The van der Waals surface area contributed by atoms with Crippen LogP contribution in [0.3, 0.4) is 0 Å². The average Bonchev–Trinajstić information content (AvgIpc) is 2.27. The van der Waals surface area contributed by atoms with Crippen LogP contribution >= 0.6 is 11.6 Å². The fourth-order valence-corrected chi connectivity index (χ4v) is 1.66. The predicted octanol–water partition coefficient (Wildman–Crippen LogP) is 2.81. The molecule has 2 nitrogen and oxygen atoms in total. The highest BCUT2D eigenvalue weighted by Gasteiger charge is 2.02. The Labute approximate surface area is 108 Å². The summed E-state index contributed by atoms with van der Waals surface area (Å²) >= 11 is 5.81. The third-order valence-corrected chi connectivity index (χ3v) is 2.59. The van der Waals surface area contributed by atoms with Crippen LogP contribution in [0.15, 0.2) is 18.2 Å². The lowest BCUT2D eigenvalue weighted by atomic mass is 10.2. The molecule has 0 unspecified atom stereocenters. The standard InChI is InChI=1S/C13H20ClFN2/c1-10(2)8-16-5-6-17-9-11-7-12(14)3-4-13(11)15/h3-4,7,10,16-17H,5-6,8-9H2,1-2H3. The van der Waals surface area contributed by atoms with E-state index in [1.54, 1.807) is 12.1 Å². The van der Waals surface area contributed by atoms with Crippen molar-refractivity contribution >= 4 is 11.6 Å². The number of benzene rings is 1. The quantitative estimate of drug-likeness (QED) is 0.735. The van der Waals surface area contributed by atoms with Crippen LogP contribution in [0.1, 0.15) is 19.4 Å². The van der Waals surface area contributed by atoms with Gasteiger partial charge in [-0.1, -0.05) is 25.4 Å². The van der Waals surface area contributed by atoms with Gasteiger partial charge in [0, 0.05) is 30.2 Å². The zero-order valence-electron chi connectivity index (χ0n) is 10.4. The third-order valence-electron chi connectivity index (χ3n) is 2.35. The van der Waals surface area contributed by atoms with Crippen molar-refractivity contribution in [3.8, 4) is 0 Å². The summed E-state index contributed by atoms with van der Waals surface area (Å²) in [6, 6.07) is 4.62. The van der Waals surface area contributed by atoms with E-state index in [0.717, 1.165) is 19.6 Å². The Kier molecular flexibility index (Phi) is 6.48. The molecule has 1 aromatic rings. The Morgan fingerprint density at radius 3 is 2.65 bits per heavy atom. The Hall–Kier alpha value is -0.640. The maximum absolute atomic E-state index is 13.3. The maximum Gasteiger partial charge on any atom is 0.127 e. The summed E-state index contributed by atoms with van der Waals surface area (Å²) in [4.78, 5) is 0. The van der Waals surface area contributed by atoms with Gasteiger partial charge >= 0.3 is 0 Å². The molecule has 0 spiro atoms. The first-order valence-electron chi connectivity index (χ1n) is 5.95. The Morgan fingerprint density at radius 1 is 1.24 bits per heavy atom. The molecule has 0 aromatic heterocycles. The molecule has 0 amide bonds. The minimum Gasteiger partial charge on any atom is -0.315 e. The second kappa shape index (κ2) is 7.64. The molecule has 17 heavy (non-hydrogen) atoms. The zero-order chi connectivity index (χ0) is 12.7. The Bertz CT molecular complexity index is 342. The number of hydrogen-bond donors (Lipinski definition) is 2. The van der Waals surface area contributed by atoms with Crippen LogP contribution in [0.5, 0.6) is 0 Å². The fourth-order valence-electron chi connectivity index (χ4n) is 1.47. The van der Waals surface area contributed by atoms with Crippen LogP contribution in [0, 0.1) is 11.7 Å². The van der Waals surface area contributed by atoms with Gasteiger partial charge in [0.05, 0.1) is 0 Å². The van der Waals surface area contributed by atoms with Crippen LogP contribution in [-0.4, -0.2) is 19.6 Å². The molecule has 1 aromatic carbocycles. The molecule has 0 aliphatic carbocycles. The highest BCUT2D eigenvalue weighted by molar-refractivity contribution is 6.30. The van der Waals surface area contributed by atoms with Crippen molar-refractivity contribution in [3.63, 3.8) is 0 Å². The molecule has 1 rings (SSSR count). The summed E-state index contributed by atoms with van der Waals surface area (Å²) in [5.41, 5.74) is 0.612. The van der Waals surface area contributed by atoms with Crippen molar-refractivity contribution in [1.29, 1.82) is 0 Å². The van der Waals surface area contributed by atoms with E-state index in [0.29, 0.717) is 23.0 Å². The molecule has 96 valence electrons. The molecule has 2 N–H and O–H groups in total. The largest absolute Gasteiger partial charge is 0.315 e. The Morgan fingerprint density at radius 2 is 1.94 bits per heavy atom. The molecular formula is C13H20ClFN2. The van der Waals surface area contributed by atoms with Crippen molar-refractivity contribution in [2.45, 2.75) is 20.4 Å². The molecule has 0 aliphatic rings. The van der Waals surface area contributed by atoms with Gasteiger partial charge in [0.1, 0.15) is 5.82 Å². The predicted molar refractivity (Wildman–Crippen MR) is 70.8 cm³/mol. The van der Waals surface area contributed by atoms with E-state index in [4.69, 9.17) is 11.6 Å². The van der Waals surface area contributed by atoms with E-state index in [9.17, 15) is 4.39 Å². The van der Waals surface area contributed by atoms with Gasteiger partial charge in [0.25, 0.3) is 0 Å². The first-order chi connectivity index (χ1) is 8.09. The minimum absolute atomic E-state index is 0.211. The summed E-state index contributed by atoms with van der Waals surface area (Å²) in [6.45, 7) is 7.56. The third kappa shape index (κ3) is 6.01. The van der Waals surface area contributed by atoms with Crippen LogP contribution in [0.4, 0.5) is 4.39 Å². The van der Waals surface area contributed by atoms with Gasteiger partial charge in [-0.05, 0) is 30.7 Å². The first-order valence-corrected chi connectivity index (χ1v) is 6.32. The lowest BCUT2D eigenvalue weighted by Gasteiger charge is -2.09. The number of nitrogens with one attached hydrogen (secondary N) is 2. The van der Waals surface area contributed by atoms with E-state index in [-0.39, 0.29) is 5.82 Å². The minimum atomic E-state index is -0.211. The smallest absolute Gasteiger partial charge is 0.127 e. The van der Waals surface area contributed by atoms with E-state index < -0.39 is 0 Å². The van der Waals surface area contributed by atoms with E-state index in [2.05, 4.69) is 24.5 Å². The van der Waals surface area contributed by atoms with Crippen molar-refractivity contribution in [3.05, 3.63) is 34.6 Å². The van der Waals surface area contributed by atoms with Gasteiger partial charge in [0.15, 0.2) is 0 Å². The van der Waals surface area contributed by atoms with Gasteiger partial charge in [-0.25, -0.2) is 4.39 Å². The molecule has 0 bridgehead atoms. The van der Waals surface area contributed by atoms with Gasteiger partial charge in [-0.2, -0.15) is 0 Å². The van der Waals surface area contributed by atoms with E-state index in [1.807, 2.05) is 0 Å². The average molecular weight is 259 g/mol. The van der Waals surface area contributed by atoms with Crippen LogP contribution in [0.2, 0.25) is 5.02 Å². The number of hydrogen-bond acceptors (Lipinski definition) is 2. The van der Waals surface area contributed by atoms with Crippen molar-refractivity contribution < 1.29 is 4.39 Å². The molecule has 0 aliphatic heterocycles. The summed E-state index contributed by atoms with van der Waals surface area (Å²) in [6.07, 6.45) is 0. The van der Waals surface area contributed by atoms with Gasteiger partial charge in [0.2, 0.25) is 0 Å². The van der Waals surface area contributed by atoms with Gasteiger partial charge in [-0.15, -0.1) is 0 Å². The fraction of sp³-hybridized carbons (Fsp3) is 0.538. The van der Waals surface area contributed by atoms with E-state index in [1.165, 1.54) is 6.07 Å². The molecular weight excluding hydrogens is 239 g/mol. The second-order valence-corrected chi connectivity index (χ2v) is 4.95. The Balaban J connectivity index is 2.20.